The van der Waals surface area contributed by atoms with E-state index in [-0.39, 0.29) is 17.3 Å². The van der Waals surface area contributed by atoms with E-state index in [0.29, 0.717) is 16.7 Å². The number of nitro benzene ring substituents is 1. The SMILES string of the molecule is O=[N+]([O-])c1ccc2nc(-c3ccccc3O)oc2c1. The van der Waals surface area contributed by atoms with Crippen LogP contribution in [0.25, 0.3) is 22.6 Å². The van der Waals surface area contributed by atoms with Crippen molar-refractivity contribution in [3.8, 4) is 17.2 Å². The highest BCUT2D eigenvalue weighted by atomic mass is 16.6. The van der Waals surface area contributed by atoms with Crippen LogP contribution >= 0.6 is 0 Å². The van der Waals surface area contributed by atoms with Crippen LogP contribution in [0.5, 0.6) is 5.75 Å². The second-order valence-corrected chi connectivity index (χ2v) is 3.95. The fourth-order valence-corrected chi connectivity index (χ4v) is 1.80. The van der Waals surface area contributed by atoms with Gasteiger partial charge >= 0.3 is 0 Å². The molecular weight excluding hydrogens is 248 g/mol. The van der Waals surface area contributed by atoms with Crippen molar-refractivity contribution in [1.82, 2.24) is 4.98 Å². The molecule has 0 fully saturated rings. The van der Waals surface area contributed by atoms with Gasteiger partial charge in [0.15, 0.2) is 5.58 Å². The predicted molar refractivity (Wildman–Crippen MR) is 67.8 cm³/mol. The third-order valence-corrected chi connectivity index (χ3v) is 2.72. The van der Waals surface area contributed by atoms with Crippen molar-refractivity contribution in [3.63, 3.8) is 0 Å². The molecule has 1 aromatic heterocycles. The maximum atomic E-state index is 10.7. The number of nitro groups is 1. The maximum Gasteiger partial charge on any atom is 0.273 e. The molecule has 0 atom stereocenters. The monoisotopic (exact) mass is 256 g/mol. The Balaban J connectivity index is 2.17. The molecule has 19 heavy (non-hydrogen) atoms. The first-order valence-corrected chi connectivity index (χ1v) is 5.48. The summed E-state index contributed by atoms with van der Waals surface area (Å²) in [5, 5.41) is 20.4. The largest absolute Gasteiger partial charge is 0.507 e. The third-order valence-electron chi connectivity index (χ3n) is 2.72. The first-order valence-electron chi connectivity index (χ1n) is 5.48. The number of fused-ring (bicyclic) bond motifs is 1. The lowest BCUT2D eigenvalue weighted by Crippen LogP contribution is -1.86. The molecule has 0 radical (unpaired) electrons. The second-order valence-electron chi connectivity index (χ2n) is 3.95. The smallest absolute Gasteiger partial charge is 0.273 e. The molecule has 0 aliphatic rings. The number of hydrogen-bond donors (Lipinski definition) is 1. The zero-order chi connectivity index (χ0) is 13.4. The topological polar surface area (TPSA) is 89.4 Å². The Bertz CT molecular complexity index is 779. The second kappa shape index (κ2) is 4.09. The van der Waals surface area contributed by atoms with Gasteiger partial charge in [0.25, 0.3) is 5.69 Å². The maximum absolute atomic E-state index is 10.7. The van der Waals surface area contributed by atoms with Crippen molar-refractivity contribution in [1.29, 1.82) is 0 Å². The molecule has 0 aliphatic carbocycles. The highest BCUT2D eigenvalue weighted by Crippen LogP contribution is 2.31. The molecule has 3 rings (SSSR count). The molecule has 6 nitrogen and oxygen atoms in total. The molecule has 1 heterocycles. The van der Waals surface area contributed by atoms with E-state index in [0.717, 1.165) is 0 Å². The number of oxazole rings is 1. The summed E-state index contributed by atoms with van der Waals surface area (Å²) in [6.07, 6.45) is 0. The average molecular weight is 256 g/mol. The van der Waals surface area contributed by atoms with Crippen molar-refractivity contribution in [3.05, 3.63) is 52.6 Å². The molecule has 2 aromatic carbocycles. The number of rotatable bonds is 2. The van der Waals surface area contributed by atoms with Crippen LogP contribution in [0.3, 0.4) is 0 Å². The van der Waals surface area contributed by atoms with Crippen LogP contribution in [0.15, 0.2) is 46.9 Å². The Labute approximate surface area is 107 Å². The fraction of sp³-hybridized carbons (Fsp3) is 0. The van der Waals surface area contributed by atoms with Gasteiger partial charge < -0.3 is 9.52 Å². The highest BCUT2D eigenvalue weighted by molar-refractivity contribution is 5.79. The number of phenols is 1. The molecule has 94 valence electrons. The van der Waals surface area contributed by atoms with Gasteiger partial charge in [-0.15, -0.1) is 0 Å². The number of hydrogen-bond acceptors (Lipinski definition) is 5. The van der Waals surface area contributed by atoms with Crippen LogP contribution in [0, 0.1) is 10.1 Å². The molecule has 1 N–H and O–H groups in total. The Kier molecular flexibility index (Phi) is 2.42. The van der Waals surface area contributed by atoms with Crippen molar-refractivity contribution < 1.29 is 14.4 Å². The van der Waals surface area contributed by atoms with Gasteiger partial charge in [0.05, 0.1) is 16.6 Å². The van der Waals surface area contributed by atoms with Gasteiger partial charge in [0.1, 0.15) is 11.3 Å². The van der Waals surface area contributed by atoms with Crippen LogP contribution in [-0.4, -0.2) is 15.0 Å². The summed E-state index contributed by atoms with van der Waals surface area (Å²) < 4.78 is 5.45. The minimum atomic E-state index is -0.498. The minimum Gasteiger partial charge on any atom is -0.507 e. The number of non-ortho nitro benzene ring substituents is 1. The molecule has 6 heteroatoms. The molecule has 0 aliphatic heterocycles. The molecule has 0 saturated carbocycles. The molecular formula is C13H8N2O4. The molecule has 0 spiro atoms. The predicted octanol–water partition coefficient (Wildman–Crippen LogP) is 3.11. The first kappa shape index (κ1) is 11.2. The van der Waals surface area contributed by atoms with Gasteiger partial charge in [0, 0.05) is 6.07 Å². The summed E-state index contributed by atoms with van der Waals surface area (Å²) in [5.41, 5.74) is 1.20. The van der Waals surface area contributed by atoms with E-state index in [1.807, 2.05) is 0 Å². The average Bonchev–Trinajstić information content (AvgIpc) is 2.81. The lowest BCUT2D eigenvalue weighted by atomic mass is 10.2. The van der Waals surface area contributed by atoms with E-state index in [9.17, 15) is 15.2 Å². The summed E-state index contributed by atoms with van der Waals surface area (Å²) in [6.45, 7) is 0. The molecule has 0 amide bonds. The molecule has 0 unspecified atom stereocenters. The fourth-order valence-electron chi connectivity index (χ4n) is 1.80. The lowest BCUT2D eigenvalue weighted by molar-refractivity contribution is -0.384. The Morgan fingerprint density at radius 1 is 1.21 bits per heavy atom. The number of aromatic nitrogens is 1. The minimum absolute atomic E-state index is 0.0450. The number of para-hydroxylation sites is 1. The van der Waals surface area contributed by atoms with Gasteiger partial charge in [-0.1, -0.05) is 12.1 Å². The molecule has 0 saturated heterocycles. The van der Waals surface area contributed by atoms with Gasteiger partial charge in [0.2, 0.25) is 5.89 Å². The summed E-state index contributed by atoms with van der Waals surface area (Å²) in [4.78, 5) is 14.4. The van der Waals surface area contributed by atoms with Gasteiger partial charge in [-0.05, 0) is 18.2 Å². The van der Waals surface area contributed by atoms with E-state index >= 15 is 0 Å². The van der Waals surface area contributed by atoms with Crippen molar-refractivity contribution >= 4 is 16.8 Å². The van der Waals surface area contributed by atoms with Crippen LogP contribution in [0.2, 0.25) is 0 Å². The first-order chi connectivity index (χ1) is 9.15. The van der Waals surface area contributed by atoms with E-state index < -0.39 is 4.92 Å². The number of aromatic hydroxyl groups is 1. The Morgan fingerprint density at radius 3 is 2.74 bits per heavy atom. The molecule has 3 aromatic rings. The number of phenolic OH excluding ortho intramolecular Hbond substituents is 1. The quantitative estimate of drug-likeness (QED) is 0.562. The lowest BCUT2D eigenvalue weighted by Gasteiger charge is -1.97. The summed E-state index contributed by atoms with van der Waals surface area (Å²) in [7, 11) is 0. The number of benzene rings is 2. The zero-order valence-corrected chi connectivity index (χ0v) is 9.61. The molecule has 0 bridgehead atoms. The number of nitrogens with zero attached hydrogens (tertiary/aromatic N) is 2. The van der Waals surface area contributed by atoms with Crippen molar-refractivity contribution in [2.45, 2.75) is 0 Å². The van der Waals surface area contributed by atoms with Crippen LogP contribution in [-0.2, 0) is 0 Å². The van der Waals surface area contributed by atoms with Gasteiger partial charge in [-0.3, -0.25) is 10.1 Å². The highest BCUT2D eigenvalue weighted by Gasteiger charge is 2.14. The zero-order valence-electron chi connectivity index (χ0n) is 9.61. The summed E-state index contributed by atoms with van der Waals surface area (Å²) in [6, 6.07) is 10.8. The normalized spacial score (nSPS) is 10.7. The van der Waals surface area contributed by atoms with E-state index in [1.54, 1.807) is 18.2 Å². The van der Waals surface area contributed by atoms with Crippen molar-refractivity contribution in [2.24, 2.45) is 0 Å². The van der Waals surface area contributed by atoms with E-state index in [2.05, 4.69) is 4.98 Å². The van der Waals surface area contributed by atoms with Crippen LogP contribution in [0.1, 0.15) is 0 Å². The van der Waals surface area contributed by atoms with E-state index in [4.69, 9.17) is 4.42 Å². The summed E-state index contributed by atoms with van der Waals surface area (Å²) >= 11 is 0. The standard InChI is InChI=1S/C13H8N2O4/c16-11-4-2-1-3-9(11)13-14-10-6-5-8(15(17)18)7-12(10)19-13/h1-7,16H. The Morgan fingerprint density at radius 2 is 2.00 bits per heavy atom. The van der Waals surface area contributed by atoms with Gasteiger partial charge in [-0.25, -0.2) is 4.98 Å². The Hall–Kier alpha value is -2.89. The van der Waals surface area contributed by atoms with Crippen LogP contribution < -0.4 is 0 Å². The van der Waals surface area contributed by atoms with Crippen LogP contribution in [0.4, 0.5) is 5.69 Å². The summed E-state index contributed by atoms with van der Waals surface area (Å²) in [5.74, 6) is 0.275. The van der Waals surface area contributed by atoms with Gasteiger partial charge in [-0.2, -0.15) is 0 Å². The third kappa shape index (κ3) is 1.89. The van der Waals surface area contributed by atoms with E-state index in [1.165, 1.54) is 24.3 Å². The van der Waals surface area contributed by atoms with Crippen molar-refractivity contribution in [2.75, 3.05) is 0 Å².